The second-order valence-electron chi connectivity index (χ2n) is 7.86. The number of amides is 1. The number of hydrogen-bond acceptors (Lipinski definition) is 3. The smallest absolute Gasteiger partial charge is 0.425 e. The van der Waals surface area contributed by atoms with Crippen LogP contribution in [0.3, 0.4) is 0 Å². The lowest BCUT2D eigenvalue weighted by atomic mass is 9.67. The van der Waals surface area contributed by atoms with E-state index in [0.29, 0.717) is 44.3 Å². The van der Waals surface area contributed by atoms with Crippen LogP contribution in [-0.2, 0) is 4.79 Å². The molecule has 1 spiro atoms. The van der Waals surface area contributed by atoms with Crippen LogP contribution in [0, 0.1) is 5.41 Å². The van der Waals surface area contributed by atoms with Crippen LogP contribution in [0.1, 0.15) is 52.4 Å². The van der Waals surface area contributed by atoms with Gasteiger partial charge < -0.3 is 14.7 Å². The number of carbonyl (C=O) groups excluding carboxylic acids is 1. The average Bonchev–Trinajstić information content (AvgIpc) is 2.94. The monoisotopic (exact) mass is 385 g/mol. The van der Waals surface area contributed by atoms with Gasteiger partial charge in [-0.05, 0) is 69.7 Å². The summed E-state index contributed by atoms with van der Waals surface area (Å²) in [4.78, 5) is 14.7. The maximum Gasteiger partial charge on any atom is 0.425 e. The van der Waals surface area contributed by atoms with E-state index in [1.165, 1.54) is 12.1 Å². The molecular formula is C20H26F3NO3. The van der Waals surface area contributed by atoms with Crippen LogP contribution in [0.15, 0.2) is 24.3 Å². The summed E-state index contributed by atoms with van der Waals surface area (Å²) in [7, 11) is 0. The van der Waals surface area contributed by atoms with Crippen molar-refractivity contribution >= 4 is 11.6 Å². The van der Waals surface area contributed by atoms with Gasteiger partial charge in [0, 0.05) is 12.2 Å². The van der Waals surface area contributed by atoms with Gasteiger partial charge in [-0.15, -0.1) is 0 Å². The van der Waals surface area contributed by atoms with E-state index >= 15 is 0 Å². The van der Waals surface area contributed by atoms with E-state index in [0.717, 1.165) is 13.3 Å². The zero-order valence-corrected chi connectivity index (χ0v) is 15.7. The minimum atomic E-state index is -4.42. The Balaban J connectivity index is 1.67. The van der Waals surface area contributed by atoms with Crippen molar-refractivity contribution in [2.24, 2.45) is 5.41 Å². The van der Waals surface area contributed by atoms with Gasteiger partial charge in [0.05, 0.1) is 11.0 Å². The molecule has 2 aliphatic rings. The van der Waals surface area contributed by atoms with Gasteiger partial charge in [-0.25, -0.2) is 0 Å². The van der Waals surface area contributed by atoms with Gasteiger partial charge in [-0.3, -0.25) is 4.79 Å². The molecule has 1 N–H and O–H groups in total. The van der Waals surface area contributed by atoms with E-state index in [1.54, 1.807) is 17.0 Å². The molecule has 1 atom stereocenters. The third-order valence-electron chi connectivity index (χ3n) is 6.23. The van der Waals surface area contributed by atoms with E-state index in [9.17, 15) is 23.1 Å². The molecule has 0 aromatic heterocycles. The van der Waals surface area contributed by atoms with Crippen LogP contribution in [0.4, 0.5) is 18.9 Å². The van der Waals surface area contributed by atoms with Crippen molar-refractivity contribution in [2.45, 2.75) is 70.3 Å². The molecule has 7 heteroatoms. The molecule has 0 radical (unpaired) electrons. The quantitative estimate of drug-likeness (QED) is 0.833. The van der Waals surface area contributed by atoms with Gasteiger partial charge in [0.15, 0.2) is 6.10 Å². The highest BCUT2D eigenvalue weighted by Gasteiger charge is 2.51. The predicted octanol–water partition coefficient (Wildman–Crippen LogP) is 4.45. The lowest BCUT2D eigenvalue weighted by Gasteiger charge is -2.40. The minimum absolute atomic E-state index is 0.0537. The third kappa shape index (κ3) is 3.93. The highest BCUT2D eigenvalue weighted by Crippen LogP contribution is 2.49. The molecule has 3 rings (SSSR count). The van der Waals surface area contributed by atoms with Crippen LogP contribution in [0.25, 0.3) is 0 Å². The van der Waals surface area contributed by atoms with Crippen LogP contribution >= 0.6 is 0 Å². The third-order valence-corrected chi connectivity index (χ3v) is 6.23. The fourth-order valence-corrected chi connectivity index (χ4v) is 4.05. The summed E-state index contributed by atoms with van der Waals surface area (Å²) in [5, 5.41) is 10.4. The van der Waals surface area contributed by atoms with Crippen LogP contribution in [0.5, 0.6) is 5.75 Å². The van der Waals surface area contributed by atoms with Gasteiger partial charge in [-0.1, -0.05) is 6.92 Å². The molecule has 1 aromatic rings. The van der Waals surface area contributed by atoms with Crippen molar-refractivity contribution in [1.29, 1.82) is 0 Å². The number of benzene rings is 1. The molecule has 1 amide bonds. The van der Waals surface area contributed by atoms with Gasteiger partial charge in [-0.2, -0.15) is 13.2 Å². The van der Waals surface area contributed by atoms with Crippen molar-refractivity contribution in [3.8, 4) is 5.75 Å². The Labute approximate surface area is 157 Å². The molecule has 2 fully saturated rings. The summed E-state index contributed by atoms with van der Waals surface area (Å²) >= 11 is 0. The summed E-state index contributed by atoms with van der Waals surface area (Å²) < 4.78 is 42.7. The first-order valence-corrected chi connectivity index (χ1v) is 9.46. The van der Waals surface area contributed by atoms with Crippen LogP contribution < -0.4 is 9.64 Å². The van der Waals surface area contributed by atoms with Crippen molar-refractivity contribution in [3.05, 3.63) is 24.3 Å². The zero-order chi connectivity index (χ0) is 19.9. The maximum atomic E-state index is 13.0. The van der Waals surface area contributed by atoms with Gasteiger partial charge in [0.1, 0.15) is 5.75 Å². The molecule has 150 valence electrons. The molecule has 1 aliphatic heterocycles. The summed E-state index contributed by atoms with van der Waals surface area (Å²) in [5.74, 6) is 0.175. The molecule has 27 heavy (non-hydrogen) atoms. The first-order valence-electron chi connectivity index (χ1n) is 9.46. The van der Waals surface area contributed by atoms with Crippen molar-refractivity contribution in [1.82, 2.24) is 0 Å². The predicted molar refractivity (Wildman–Crippen MR) is 95.7 cm³/mol. The first-order chi connectivity index (χ1) is 12.6. The van der Waals surface area contributed by atoms with E-state index in [4.69, 9.17) is 4.74 Å². The molecule has 1 saturated heterocycles. The number of hydrogen-bond donors (Lipinski definition) is 1. The molecule has 1 aliphatic carbocycles. The van der Waals surface area contributed by atoms with E-state index < -0.39 is 23.3 Å². The number of halogens is 3. The van der Waals surface area contributed by atoms with Gasteiger partial charge in [0.2, 0.25) is 5.91 Å². The highest BCUT2D eigenvalue weighted by molar-refractivity contribution is 6.00. The fourth-order valence-electron chi connectivity index (χ4n) is 4.05. The normalized spacial score (nSPS) is 30.0. The summed E-state index contributed by atoms with van der Waals surface area (Å²) in [5.41, 5.74) is -0.408. The van der Waals surface area contributed by atoms with Crippen molar-refractivity contribution in [3.63, 3.8) is 0 Å². The largest absolute Gasteiger partial charge is 0.481 e. The number of aliphatic hydroxyl groups is 1. The number of anilines is 1. The lowest BCUT2D eigenvalue weighted by molar-refractivity contribution is -0.189. The number of nitrogens with zero attached hydrogens (tertiary/aromatic N) is 1. The number of rotatable bonds is 4. The first kappa shape index (κ1) is 20.0. The van der Waals surface area contributed by atoms with Gasteiger partial charge >= 0.3 is 6.18 Å². The second kappa shape index (κ2) is 7.00. The average molecular weight is 385 g/mol. The Morgan fingerprint density at radius 1 is 1.15 bits per heavy atom. The molecule has 0 bridgehead atoms. The number of ether oxygens (including phenoxy) is 1. The standard InChI is InChI=1S/C20H26F3NO3/c1-3-19(26)10-8-18(9-11-19)12-13-24(17(18)25)15-4-6-16(7-5-15)27-14(2)20(21,22)23/h4-7,14,26H,3,8-13H2,1-2H3/t14-,18-,19+/m1/s1. The second-order valence-corrected chi connectivity index (χ2v) is 7.86. The molecule has 4 nitrogen and oxygen atoms in total. The lowest BCUT2D eigenvalue weighted by Crippen LogP contribution is -2.43. The highest BCUT2D eigenvalue weighted by atomic mass is 19.4. The minimum Gasteiger partial charge on any atom is -0.481 e. The zero-order valence-electron chi connectivity index (χ0n) is 15.7. The summed E-state index contributed by atoms with van der Waals surface area (Å²) in [6.45, 7) is 3.51. The Morgan fingerprint density at radius 3 is 2.26 bits per heavy atom. The Hall–Kier alpha value is -1.76. The Bertz CT molecular complexity index is 679. The molecule has 1 aromatic carbocycles. The molecule has 1 saturated carbocycles. The topological polar surface area (TPSA) is 49.8 Å². The molecule has 1 heterocycles. The number of carbonyl (C=O) groups is 1. The van der Waals surface area contributed by atoms with Crippen LogP contribution in [0.2, 0.25) is 0 Å². The summed E-state index contributed by atoms with van der Waals surface area (Å²) in [6.07, 6.45) is -2.25. The van der Waals surface area contributed by atoms with Crippen molar-refractivity contribution < 1.29 is 27.8 Å². The maximum absolute atomic E-state index is 13.0. The SMILES string of the molecule is CC[C@]1(O)CC[C@]2(CCN(c3ccc(O[C@H](C)C(F)(F)F)cc3)C2=O)CC1. The fraction of sp³-hybridized carbons (Fsp3) is 0.650. The van der Waals surface area contributed by atoms with Gasteiger partial charge in [0.25, 0.3) is 0 Å². The Morgan fingerprint density at radius 2 is 1.74 bits per heavy atom. The molecule has 0 unspecified atom stereocenters. The van der Waals surface area contributed by atoms with E-state index in [2.05, 4.69) is 0 Å². The molecular weight excluding hydrogens is 359 g/mol. The van der Waals surface area contributed by atoms with Crippen molar-refractivity contribution in [2.75, 3.05) is 11.4 Å². The summed E-state index contributed by atoms with van der Waals surface area (Å²) in [6, 6.07) is 6.18. The van der Waals surface area contributed by atoms with E-state index in [1.807, 2.05) is 6.92 Å². The van der Waals surface area contributed by atoms with E-state index in [-0.39, 0.29) is 11.7 Å². The number of alkyl halides is 3. The van der Waals surface area contributed by atoms with Crippen LogP contribution in [-0.4, -0.2) is 35.4 Å². The Kier molecular flexibility index (Phi) is 5.18.